The van der Waals surface area contributed by atoms with E-state index in [0.717, 1.165) is 27.5 Å². The van der Waals surface area contributed by atoms with Gasteiger partial charge in [0.05, 0.1) is 5.56 Å². The van der Waals surface area contributed by atoms with E-state index < -0.39 is 0 Å². The van der Waals surface area contributed by atoms with Crippen molar-refractivity contribution >= 4 is 40.4 Å². The molecule has 132 valence electrons. The first-order valence-corrected chi connectivity index (χ1v) is 9.27. The molecule has 0 unspecified atom stereocenters. The molecule has 0 heterocycles. The van der Waals surface area contributed by atoms with Crippen LogP contribution in [0.5, 0.6) is 5.75 Å². The fourth-order valence-electron chi connectivity index (χ4n) is 2.40. The second kappa shape index (κ2) is 9.04. The number of para-hydroxylation sites is 1. The van der Waals surface area contributed by atoms with Crippen molar-refractivity contribution in [1.82, 2.24) is 5.32 Å². The highest BCUT2D eigenvalue weighted by Gasteiger charge is 2.09. The van der Waals surface area contributed by atoms with E-state index in [-0.39, 0.29) is 0 Å². The zero-order valence-corrected chi connectivity index (χ0v) is 16.2. The van der Waals surface area contributed by atoms with Crippen molar-refractivity contribution in [2.45, 2.75) is 13.2 Å². The highest BCUT2D eigenvalue weighted by molar-refractivity contribution is 7.80. The minimum atomic E-state index is 0.452. The molecule has 3 rings (SSSR count). The molecule has 3 aromatic rings. The second-order valence-electron chi connectivity index (χ2n) is 5.72. The average molecular weight is 402 g/mol. The Morgan fingerprint density at radius 1 is 0.808 bits per heavy atom. The number of hydrogen-bond donors (Lipinski definition) is 1. The SMILES string of the molecule is S=C(NCc1ccc(Cl)cc1)c1ccccc1OCc1ccc(Cl)cc1. The van der Waals surface area contributed by atoms with Gasteiger partial charge in [-0.2, -0.15) is 0 Å². The summed E-state index contributed by atoms with van der Waals surface area (Å²) < 4.78 is 5.96. The van der Waals surface area contributed by atoms with Crippen molar-refractivity contribution in [2.24, 2.45) is 0 Å². The third kappa shape index (κ3) is 5.21. The molecule has 3 aromatic carbocycles. The van der Waals surface area contributed by atoms with Crippen LogP contribution in [-0.4, -0.2) is 4.99 Å². The van der Waals surface area contributed by atoms with Gasteiger partial charge in [-0.1, -0.05) is 71.8 Å². The van der Waals surface area contributed by atoms with E-state index in [1.807, 2.05) is 72.8 Å². The first kappa shape index (κ1) is 18.7. The number of rotatable bonds is 6. The molecule has 1 N–H and O–H groups in total. The van der Waals surface area contributed by atoms with Crippen molar-refractivity contribution in [3.05, 3.63) is 99.5 Å². The quantitative estimate of drug-likeness (QED) is 0.508. The smallest absolute Gasteiger partial charge is 0.129 e. The molecule has 5 heteroatoms. The van der Waals surface area contributed by atoms with Crippen LogP contribution in [0.15, 0.2) is 72.8 Å². The molecule has 0 saturated carbocycles. The molecule has 0 saturated heterocycles. The van der Waals surface area contributed by atoms with E-state index in [9.17, 15) is 0 Å². The predicted molar refractivity (Wildman–Crippen MR) is 112 cm³/mol. The lowest BCUT2D eigenvalue weighted by atomic mass is 10.1. The Bertz CT molecular complexity index is 879. The van der Waals surface area contributed by atoms with E-state index in [2.05, 4.69) is 5.32 Å². The Morgan fingerprint density at radius 3 is 2.04 bits per heavy atom. The van der Waals surface area contributed by atoms with Crippen molar-refractivity contribution in [2.75, 3.05) is 0 Å². The van der Waals surface area contributed by atoms with Crippen LogP contribution in [0.25, 0.3) is 0 Å². The molecule has 0 spiro atoms. The monoisotopic (exact) mass is 401 g/mol. The summed E-state index contributed by atoms with van der Waals surface area (Å²) in [7, 11) is 0. The summed E-state index contributed by atoms with van der Waals surface area (Å²) in [6.07, 6.45) is 0. The van der Waals surface area contributed by atoms with E-state index in [4.69, 9.17) is 40.2 Å². The third-order valence-corrected chi connectivity index (χ3v) is 4.67. The largest absolute Gasteiger partial charge is 0.488 e. The maximum absolute atomic E-state index is 5.96. The molecule has 0 amide bonds. The van der Waals surface area contributed by atoms with Gasteiger partial charge in [-0.3, -0.25) is 0 Å². The van der Waals surface area contributed by atoms with Gasteiger partial charge in [0.2, 0.25) is 0 Å². The topological polar surface area (TPSA) is 21.3 Å². The molecule has 26 heavy (non-hydrogen) atoms. The predicted octanol–water partition coefficient (Wildman–Crippen LogP) is 6.04. The summed E-state index contributed by atoms with van der Waals surface area (Å²) >= 11 is 17.4. The van der Waals surface area contributed by atoms with Gasteiger partial charge in [0.25, 0.3) is 0 Å². The summed E-state index contributed by atoms with van der Waals surface area (Å²) in [6, 6.07) is 23.0. The Morgan fingerprint density at radius 2 is 1.38 bits per heavy atom. The van der Waals surface area contributed by atoms with E-state index in [1.165, 1.54) is 0 Å². The highest BCUT2D eigenvalue weighted by atomic mass is 35.5. The van der Waals surface area contributed by atoms with E-state index in [0.29, 0.717) is 23.2 Å². The molecule has 0 fully saturated rings. The van der Waals surface area contributed by atoms with Crippen molar-refractivity contribution in [3.63, 3.8) is 0 Å². The van der Waals surface area contributed by atoms with Crippen LogP contribution >= 0.6 is 35.4 Å². The molecular weight excluding hydrogens is 385 g/mol. The van der Waals surface area contributed by atoms with Crippen LogP contribution in [0, 0.1) is 0 Å². The molecular formula is C21H17Cl2NOS. The number of ether oxygens (including phenoxy) is 1. The van der Waals surface area contributed by atoms with Crippen LogP contribution in [-0.2, 0) is 13.2 Å². The van der Waals surface area contributed by atoms with Crippen LogP contribution in [0.3, 0.4) is 0 Å². The number of thiocarbonyl (C=S) groups is 1. The van der Waals surface area contributed by atoms with Gasteiger partial charge in [-0.25, -0.2) is 0 Å². The zero-order valence-electron chi connectivity index (χ0n) is 13.9. The summed E-state index contributed by atoms with van der Waals surface area (Å²) in [4.78, 5) is 0.645. The average Bonchev–Trinajstić information content (AvgIpc) is 2.67. The fraction of sp³-hybridized carbons (Fsp3) is 0.0952. The standard InChI is InChI=1S/C21H17Cl2NOS/c22-17-9-5-15(6-10-17)13-24-21(26)19-3-1-2-4-20(19)25-14-16-7-11-18(23)12-8-16/h1-12H,13-14H2,(H,24,26). The highest BCUT2D eigenvalue weighted by Crippen LogP contribution is 2.21. The van der Waals surface area contributed by atoms with Gasteiger partial charge in [0.1, 0.15) is 17.3 Å². The Kier molecular flexibility index (Phi) is 6.51. The molecule has 0 aliphatic rings. The second-order valence-corrected chi connectivity index (χ2v) is 7.00. The molecule has 0 atom stereocenters. The maximum Gasteiger partial charge on any atom is 0.129 e. The van der Waals surface area contributed by atoms with Crippen molar-refractivity contribution < 1.29 is 4.74 Å². The lowest BCUT2D eigenvalue weighted by Gasteiger charge is -2.14. The third-order valence-electron chi connectivity index (χ3n) is 3.81. The zero-order chi connectivity index (χ0) is 18.4. The van der Waals surface area contributed by atoms with Gasteiger partial charge >= 0.3 is 0 Å². The number of nitrogens with one attached hydrogen (secondary N) is 1. The Balaban J connectivity index is 1.64. The molecule has 0 radical (unpaired) electrons. The minimum Gasteiger partial charge on any atom is -0.488 e. The van der Waals surface area contributed by atoms with E-state index >= 15 is 0 Å². The summed E-state index contributed by atoms with van der Waals surface area (Å²) in [6.45, 7) is 1.08. The fourth-order valence-corrected chi connectivity index (χ4v) is 2.89. The number of hydrogen-bond acceptors (Lipinski definition) is 2. The molecule has 2 nitrogen and oxygen atoms in total. The maximum atomic E-state index is 5.96. The summed E-state index contributed by atoms with van der Waals surface area (Å²) in [5, 5.41) is 4.70. The normalized spacial score (nSPS) is 10.4. The number of halogens is 2. The summed E-state index contributed by atoms with van der Waals surface area (Å²) in [5.74, 6) is 0.746. The minimum absolute atomic E-state index is 0.452. The van der Waals surface area contributed by atoms with Crippen LogP contribution in [0.2, 0.25) is 10.0 Å². The lowest BCUT2D eigenvalue weighted by molar-refractivity contribution is 0.305. The molecule has 0 bridgehead atoms. The molecule has 0 aliphatic carbocycles. The van der Waals surface area contributed by atoms with Crippen LogP contribution in [0.4, 0.5) is 0 Å². The summed E-state index contributed by atoms with van der Waals surface area (Å²) in [5.41, 5.74) is 3.02. The van der Waals surface area contributed by atoms with Crippen molar-refractivity contribution in [1.29, 1.82) is 0 Å². The van der Waals surface area contributed by atoms with Crippen LogP contribution < -0.4 is 10.1 Å². The van der Waals surface area contributed by atoms with Gasteiger partial charge in [0.15, 0.2) is 0 Å². The Hall–Kier alpha value is -2.07. The van der Waals surface area contributed by atoms with Crippen molar-refractivity contribution in [3.8, 4) is 5.75 Å². The number of benzene rings is 3. The first-order chi connectivity index (χ1) is 12.6. The van der Waals surface area contributed by atoms with Crippen LogP contribution in [0.1, 0.15) is 16.7 Å². The van der Waals surface area contributed by atoms with E-state index in [1.54, 1.807) is 0 Å². The van der Waals surface area contributed by atoms with Gasteiger partial charge < -0.3 is 10.1 Å². The molecule has 0 aliphatic heterocycles. The van der Waals surface area contributed by atoms with Gasteiger partial charge in [0, 0.05) is 16.6 Å². The first-order valence-electron chi connectivity index (χ1n) is 8.11. The Labute approximate surface area is 168 Å². The molecule has 0 aromatic heterocycles. The lowest BCUT2D eigenvalue weighted by Crippen LogP contribution is -2.22. The van der Waals surface area contributed by atoms with Gasteiger partial charge in [-0.15, -0.1) is 0 Å². The van der Waals surface area contributed by atoms with Gasteiger partial charge in [-0.05, 0) is 47.5 Å².